The molecular weight excluding hydrogens is 709 g/mol. The van der Waals surface area contributed by atoms with Crippen LogP contribution in [0.5, 0.6) is 0 Å². The molecule has 0 saturated carbocycles. The number of carboxylic acid groups (broad SMARTS) is 1. The highest BCUT2D eigenvalue weighted by Gasteiger charge is 2.39. The summed E-state index contributed by atoms with van der Waals surface area (Å²) in [7, 11) is -5.01. The molecule has 0 amide bonds. The van der Waals surface area contributed by atoms with Gasteiger partial charge in [0.1, 0.15) is 6.04 Å². The van der Waals surface area contributed by atoms with E-state index in [-0.39, 0.29) is 12.8 Å². The quantitative estimate of drug-likeness (QED) is 0.0200. The van der Waals surface area contributed by atoms with Crippen molar-refractivity contribution in [1.82, 2.24) is 0 Å². The average molecular weight is 790 g/mol. The van der Waals surface area contributed by atoms with Crippen LogP contribution in [0.15, 0.2) is 12.2 Å². The Labute approximate surface area is 328 Å². The summed E-state index contributed by atoms with van der Waals surface area (Å²) in [4.78, 5) is 47.2. The predicted octanol–water partition coefficient (Wildman–Crippen LogP) is 10.7. The zero-order valence-electron chi connectivity index (χ0n) is 34.2. The second-order valence-electron chi connectivity index (χ2n) is 14.9. The molecule has 5 N–H and O–H groups in total. The number of phosphoric ester groups is 1. The Hall–Kier alpha value is -1.62. The van der Waals surface area contributed by atoms with E-state index < -0.39 is 57.0 Å². The number of ether oxygens (including phenoxy) is 1. The van der Waals surface area contributed by atoms with E-state index in [1.807, 2.05) is 0 Å². The first-order valence-corrected chi connectivity index (χ1v) is 23.2. The van der Waals surface area contributed by atoms with E-state index in [0.717, 1.165) is 64.2 Å². The van der Waals surface area contributed by atoms with Crippen molar-refractivity contribution in [3.8, 4) is 0 Å². The number of unbranched alkanes of at least 4 members (excludes halogenated alkanes) is 25. The van der Waals surface area contributed by atoms with Crippen molar-refractivity contribution < 1.29 is 47.8 Å². The van der Waals surface area contributed by atoms with Crippen LogP contribution in [-0.4, -0.2) is 64.3 Å². The third-order valence-electron chi connectivity index (χ3n) is 9.77. The number of aliphatic carboxylic acids is 1. The fourth-order valence-corrected chi connectivity index (χ4v) is 7.28. The van der Waals surface area contributed by atoms with Gasteiger partial charge in [-0.15, -0.1) is 0 Å². The van der Waals surface area contributed by atoms with Gasteiger partial charge < -0.3 is 25.6 Å². The van der Waals surface area contributed by atoms with Crippen LogP contribution in [0.25, 0.3) is 0 Å². The number of rotatable bonds is 41. The maximum Gasteiger partial charge on any atom is 0.473 e. The lowest BCUT2D eigenvalue weighted by atomic mass is 10.0. The second kappa shape index (κ2) is 37.0. The average Bonchev–Trinajstić information content (AvgIpc) is 3.15. The molecule has 0 aromatic rings. The van der Waals surface area contributed by atoms with Crippen LogP contribution in [-0.2, 0) is 32.7 Å². The van der Waals surface area contributed by atoms with Crippen LogP contribution in [0.2, 0.25) is 0 Å². The van der Waals surface area contributed by atoms with Crippen LogP contribution >= 0.6 is 7.82 Å². The molecule has 0 spiro atoms. The molecule has 0 bridgehead atoms. The molecule has 0 heterocycles. The Bertz CT molecular complexity index is 994. The van der Waals surface area contributed by atoms with Gasteiger partial charge in [0.15, 0.2) is 18.0 Å². The number of hydrogen-bond acceptors (Lipinski definition) is 9. The molecule has 0 aromatic heterocycles. The summed E-state index contributed by atoms with van der Waals surface area (Å²) in [6.07, 6.45) is 33.2. The number of phosphoric acid groups is 1. The van der Waals surface area contributed by atoms with Gasteiger partial charge in [-0.2, -0.15) is 0 Å². The Kier molecular flexibility index (Phi) is 35.9. The number of carboxylic acids is 1. The minimum Gasteiger partial charge on any atom is -0.480 e. The molecule has 0 radical (unpaired) electrons. The van der Waals surface area contributed by atoms with E-state index >= 15 is 0 Å². The van der Waals surface area contributed by atoms with Gasteiger partial charge in [0.05, 0.1) is 13.2 Å². The van der Waals surface area contributed by atoms with Crippen molar-refractivity contribution in [3.63, 3.8) is 0 Å². The van der Waals surface area contributed by atoms with Crippen LogP contribution in [0.4, 0.5) is 0 Å². The normalized spacial score (nSPS) is 14.5. The van der Waals surface area contributed by atoms with Crippen molar-refractivity contribution >= 4 is 25.5 Å². The lowest BCUT2D eigenvalue weighted by molar-refractivity contribution is -0.161. The Morgan fingerprint density at radius 3 is 1.43 bits per heavy atom. The number of aliphatic hydroxyl groups is 1. The third-order valence-corrected chi connectivity index (χ3v) is 10.7. The van der Waals surface area contributed by atoms with Crippen molar-refractivity contribution in [2.24, 2.45) is 5.73 Å². The highest BCUT2D eigenvalue weighted by atomic mass is 31.2. The molecule has 2 unspecified atom stereocenters. The maximum absolute atomic E-state index is 13.3. The van der Waals surface area contributed by atoms with Gasteiger partial charge in [-0.05, 0) is 38.5 Å². The van der Waals surface area contributed by atoms with Crippen molar-refractivity contribution in [2.75, 3.05) is 13.2 Å². The summed E-state index contributed by atoms with van der Waals surface area (Å²) in [5.41, 5.74) is 5.37. The Balaban J connectivity index is 4.63. The molecule has 0 rings (SSSR count). The zero-order chi connectivity index (χ0) is 40.1. The Morgan fingerprint density at radius 1 is 0.630 bits per heavy atom. The third kappa shape index (κ3) is 32.6. The van der Waals surface area contributed by atoms with Crippen molar-refractivity contribution in [1.29, 1.82) is 0 Å². The molecule has 0 aliphatic heterocycles. The lowest BCUT2D eigenvalue weighted by Gasteiger charge is -2.26. The van der Waals surface area contributed by atoms with Crippen molar-refractivity contribution in [2.45, 2.75) is 225 Å². The number of aliphatic hydroxyl groups excluding tert-OH is 1. The van der Waals surface area contributed by atoms with E-state index in [1.165, 1.54) is 103 Å². The molecule has 11 nitrogen and oxygen atoms in total. The SMILES string of the molecule is CCCCCCCC/C=C\CCCCCCCC(=O)O[C@@H](CO)C(OP(=O)(O)OC[C@H](N)C(=O)O)C(=O)CCCCCCCCCCCCCCCCC. The van der Waals surface area contributed by atoms with E-state index in [1.54, 1.807) is 0 Å². The van der Waals surface area contributed by atoms with Crippen LogP contribution in [0.1, 0.15) is 206 Å². The maximum atomic E-state index is 13.3. The van der Waals surface area contributed by atoms with Gasteiger partial charge in [0.2, 0.25) is 0 Å². The monoisotopic (exact) mass is 790 g/mol. The lowest BCUT2D eigenvalue weighted by Crippen LogP contribution is -2.42. The first-order valence-electron chi connectivity index (χ1n) is 21.7. The molecule has 0 fully saturated rings. The van der Waals surface area contributed by atoms with Gasteiger partial charge >= 0.3 is 19.8 Å². The molecule has 318 valence electrons. The molecule has 0 aliphatic carbocycles. The second-order valence-corrected chi connectivity index (χ2v) is 16.4. The minimum absolute atomic E-state index is 0.0140. The van der Waals surface area contributed by atoms with Crippen LogP contribution in [0.3, 0.4) is 0 Å². The minimum atomic E-state index is -5.01. The Morgan fingerprint density at radius 2 is 1.02 bits per heavy atom. The molecule has 0 aliphatic rings. The number of allylic oxidation sites excluding steroid dienone is 2. The number of ketones is 1. The van der Waals surface area contributed by atoms with Crippen LogP contribution < -0.4 is 5.73 Å². The molecule has 0 aromatic carbocycles. The van der Waals surface area contributed by atoms with Crippen molar-refractivity contribution in [3.05, 3.63) is 12.2 Å². The predicted molar refractivity (Wildman–Crippen MR) is 217 cm³/mol. The summed E-state index contributed by atoms with van der Waals surface area (Å²) in [5.74, 6) is -2.71. The number of nitrogens with two attached hydrogens (primary N) is 1. The van der Waals surface area contributed by atoms with E-state index in [9.17, 15) is 28.9 Å². The van der Waals surface area contributed by atoms with Gasteiger partial charge in [0, 0.05) is 12.8 Å². The highest BCUT2D eigenvalue weighted by molar-refractivity contribution is 7.47. The largest absolute Gasteiger partial charge is 0.480 e. The molecular formula is C42H80NO10P. The summed E-state index contributed by atoms with van der Waals surface area (Å²) < 4.78 is 27.9. The number of carbonyl (C=O) groups excluding carboxylic acids is 2. The van der Waals surface area contributed by atoms with E-state index in [2.05, 4.69) is 26.0 Å². The highest BCUT2D eigenvalue weighted by Crippen LogP contribution is 2.45. The van der Waals surface area contributed by atoms with E-state index in [0.29, 0.717) is 12.8 Å². The smallest absolute Gasteiger partial charge is 0.473 e. The number of carbonyl (C=O) groups is 3. The van der Waals surface area contributed by atoms with Gasteiger partial charge in [-0.25, -0.2) is 4.57 Å². The first kappa shape index (κ1) is 52.4. The molecule has 0 saturated heterocycles. The fourth-order valence-electron chi connectivity index (χ4n) is 6.33. The van der Waals surface area contributed by atoms with Gasteiger partial charge in [-0.3, -0.25) is 23.4 Å². The standard InChI is InChI=1S/C42H80NO10P/c1-3-5-7-9-11-13-15-17-19-21-23-25-27-29-31-33-38(45)41(53-54(49,50)51-36-37(43)42(47)48)39(35-44)52-40(46)34-32-30-28-26-24-22-20-18-16-14-12-10-8-6-4-2/h18,20,37,39,41,44H,3-17,19,21-36,43H2,1-2H3,(H,47,48)(H,49,50)/b20-18-/t37-,39-,41?/m0/s1. The summed E-state index contributed by atoms with van der Waals surface area (Å²) >= 11 is 0. The first-order chi connectivity index (χ1) is 26.1. The van der Waals surface area contributed by atoms with E-state index in [4.69, 9.17) is 24.6 Å². The summed E-state index contributed by atoms with van der Waals surface area (Å²) in [6, 6.07) is -1.60. The topological polar surface area (TPSA) is 183 Å². The van der Waals surface area contributed by atoms with Crippen LogP contribution in [0, 0.1) is 0 Å². The zero-order valence-corrected chi connectivity index (χ0v) is 35.1. The molecule has 12 heteroatoms. The molecule has 54 heavy (non-hydrogen) atoms. The molecule has 4 atom stereocenters. The number of esters is 1. The van der Waals surface area contributed by atoms with Gasteiger partial charge in [0.25, 0.3) is 0 Å². The van der Waals surface area contributed by atoms with Gasteiger partial charge in [-0.1, -0.05) is 167 Å². The number of Topliss-reactive ketones (excluding diaryl/α,β-unsaturated/α-hetero) is 1. The number of hydrogen-bond donors (Lipinski definition) is 4. The summed E-state index contributed by atoms with van der Waals surface area (Å²) in [5, 5.41) is 19.0. The fraction of sp³-hybridized carbons (Fsp3) is 0.881. The summed E-state index contributed by atoms with van der Waals surface area (Å²) in [6.45, 7) is 2.81.